The maximum Gasteiger partial charge on any atom is 0.347 e. The summed E-state index contributed by atoms with van der Waals surface area (Å²) >= 11 is 0. The number of ether oxygens (including phenoxy) is 2. The molecular weight excluding hydrogens is 272 g/mol. The van der Waals surface area contributed by atoms with Crippen molar-refractivity contribution in [2.24, 2.45) is 0 Å². The molecule has 2 aliphatic heterocycles. The first-order chi connectivity index (χ1) is 10.1. The lowest BCUT2D eigenvalue weighted by molar-refractivity contribution is 0.0442. The van der Waals surface area contributed by atoms with E-state index in [2.05, 4.69) is 4.74 Å². The van der Waals surface area contributed by atoms with E-state index in [4.69, 9.17) is 4.74 Å². The molecular formula is C16H8O5. The maximum atomic E-state index is 11.8. The maximum absolute atomic E-state index is 11.8. The summed E-state index contributed by atoms with van der Waals surface area (Å²) in [6, 6.07) is 10.2. The molecule has 0 N–H and O–H groups in total. The summed E-state index contributed by atoms with van der Waals surface area (Å²) in [5.74, 6) is -1.68. The summed E-state index contributed by atoms with van der Waals surface area (Å²) in [7, 11) is 0. The number of benzene rings is 2. The Kier molecular flexibility index (Phi) is 2.27. The summed E-state index contributed by atoms with van der Waals surface area (Å²) in [5, 5.41) is 0. The van der Waals surface area contributed by atoms with Crippen molar-refractivity contribution in [3.8, 4) is 11.1 Å². The second-order valence-electron chi connectivity index (χ2n) is 4.85. The molecule has 21 heavy (non-hydrogen) atoms. The first kappa shape index (κ1) is 11.8. The Morgan fingerprint density at radius 2 is 1.62 bits per heavy atom. The van der Waals surface area contributed by atoms with Crippen LogP contribution in [0.25, 0.3) is 11.1 Å². The fourth-order valence-corrected chi connectivity index (χ4v) is 2.65. The van der Waals surface area contributed by atoms with Crippen LogP contribution in [0.1, 0.15) is 36.6 Å². The summed E-state index contributed by atoms with van der Waals surface area (Å²) in [5.41, 5.74) is 3.05. The lowest BCUT2D eigenvalue weighted by Crippen LogP contribution is -1.99. The van der Waals surface area contributed by atoms with Gasteiger partial charge < -0.3 is 9.47 Å². The Morgan fingerprint density at radius 1 is 0.810 bits per heavy atom. The number of esters is 3. The molecule has 2 aromatic rings. The van der Waals surface area contributed by atoms with Gasteiger partial charge in [-0.15, -0.1) is 0 Å². The number of carbonyl (C=O) groups is 3. The first-order valence-electron chi connectivity index (χ1n) is 6.35. The quantitative estimate of drug-likeness (QED) is 0.592. The molecule has 2 aliphatic rings. The standard InChI is InChI=1S/C16H8O5/c17-14-12-6-8(4-5-9(12)7-20-14)10-2-1-3-11-13(10)16(19)21-15(11)18/h1-6H,7H2. The van der Waals surface area contributed by atoms with Gasteiger partial charge in [-0.3, -0.25) is 0 Å². The fourth-order valence-electron chi connectivity index (χ4n) is 2.65. The van der Waals surface area contributed by atoms with E-state index in [9.17, 15) is 14.4 Å². The van der Waals surface area contributed by atoms with Crippen molar-refractivity contribution in [3.05, 3.63) is 58.7 Å². The van der Waals surface area contributed by atoms with Gasteiger partial charge in [0.25, 0.3) is 0 Å². The van der Waals surface area contributed by atoms with Crippen LogP contribution in [0, 0.1) is 0 Å². The normalized spacial score (nSPS) is 15.5. The molecule has 0 saturated heterocycles. The van der Waals surface area contributed by atoms with E-state index < -0.39 is 11.9 Å². The predicted octanol–water partition coefficient (Wildman–Crippen LogP) is 2.33. The van der Waals surface area contributed by atoms with E-state index in [0.29, 0.717) is 16.7 Å². The van der Waals surface area contributed by atoms with Crippen LogP contribution >= 0.6 is 0 Å². The van der Waals surface area contributed by atoms with Gasteiger partial charge in [0.2, 0.25) is 0 Å². The largest absolute Gasteiger partial charge is 0.457 e. The molecule has 0 bridgehead atoms. The van der Waals surface area contributed by atoms with Gasteiger partial charge in [0, 0.05) is 5.56 Å². The van der Waals surface area contributed by atoms with Crippen molar-refractivity contribution in [2.75, 3.05) is 0 Å². The Bertz CT molecular complexity index is 835. The Balaban J connectivity index is 1.93. The highest BCUT2D eigenvalue weighted by Gasteiger charge is 2.32. The van der Waals surface area contributed by atoms with Crippen LogP contribution in [0.5, 0.6) is 0 Å². The van der Waals surface area contributed by atoms with Crippen LogP contribution in [-0.4, -0.2) is 17.9 Å². The number of carbonyl (C=O) groups excluding carboxylic acids is 3. The average Bonchev–Trinajstić information content (AvgIpc) is 3.00. The third-order valence-electron chi connectivity index (χ3n) is 3.67. The zero-order chi connectivity index (χ0) is 14.6. The lowest BCUT2D eigenvalue weighted by atomic mass is 9.94. The SMILES string of the molecule is O=C1OCc2ccc(-c3cccc4c3C(=O)OC4=O)cc21. The molecule has 0 saturated carbocycles. The molecule has 2 aromatic carbocycles. The van der Waals surface area contributed by atoms with Crippen molar-refractivity contribution in [1.82, 2.24) is 0 Å². The molecule has 5 heteroatoms. The number of cyclic esters (lactones) is 3. The van der Waals surface area contributed by atoms with Gasteiger partial charge in [0.05, 0.1) is 16.7 Å². The van der Waals surface area contributed by atoms with Crippen molar-refractivity contribution >= 4 is 17.9 Å². The Labute approximate surface area is 119 Å². The van der Waals surface area contributed by atoms with Crippen LogP contribution in [-0.2, 0) is 16.1 Å². The van der Waals surface area contributed by atoms with Crippen molar-refractivity contribution in [1.29, 1.82) is 0 Å². The van der Waals surface area contributed by atoms with Crippen molar-refractivity contribution in [2.45, 2.75) is 6.61 Å². The van der Waals surface area contributed by atoms with Gasteiger partial charge in [-0.2, -0.15) is 0 Å². The van der Waals surface area contributed by atoms with E-state index in [0.717, 1.165) is 5.56 Å². The molecule has 0 unspecified atom stereocenters. The topological polar surface area (TPSA) is 69.7 Å². The van der Waals surface area contributed by atoms with E-state index in [-0.39, 0.29) is 23.7 Å². The minimum atomic E-state index is -0.659. The highest BCUT2D eigenvalue weighted by atomic mass is 16.6. The number of fused-ring (bicyclic) bond motifs is 2. The van der Waals surface area contributed by atoms with Gasteiger partial charge in [-0.1, -0.05) is 24.3 Å². The Morgan fingerprint density at radius 3 is 2.48 bits per heavy atom. The van der Waals surface area contributed by atoms with Crippen molar-refractivity contribution < 1.29 is 23.9 Å². The summed E-state index contributed by atoms with van der Waals surface area (Å²) in [6.07, 6.45) is 0. The Hall–Kier alpha value is -2.95. The van der Waals surface area contributed by atoms with Crippen LogP contribution in [0.15, 0.2) is 36.4 Å². The van der Waals surface area contributed by atoms with E-state index in [1.807, 2.05) is 0 Å². The van der Waals surface area contributed by atoms with Gasteiger partial charge in [-0.25, -0.2) is 14.4 Å². The zero-order valence-electron chi connectivity index (χ0n) is 10.7. The summed E-state index contributed by atoms with van der Waals surface area (Å²) < 4.78 is 9.60. The molecule has 102 valence electrons. The lowest BCUT2D eigenvalue weighted by Gasteiger charge is -2.06. The highest BCUT2D eigenvalue weighted by molar-refractivity contribution is 6.18. The molecule has 0 amide bonds. The van der Waals surface area contributed by atoms with Crippen molar-refractivity contribution in [3.63, 3.8) is 0 Å². The summed E-state index contributed by atoms with van der Waals surface area (Å²) in [4.78, 5) is 35.0. The number of hydrogen-bond donors (Lipinski definition) is 0. The second kappa shape index (κ2) is 4.02. The van der Waals surface area contributed by atoms with Crippen LogP contribution < -0.4 is 0 Å². The summed E-state index contributed by atoms with van der Waals surface area (Å²) in [6.45, 7) is 0.266. The van der Waals surface area contributed by atoms with E-state index >= 15 is 0 Å². The smallest absolute Gasteiger partial charge is 0.347 e. The third-order valence-corrected chi connectivity index (χ3v) is 3.67. The predicted molar refractivity (Wildman–Crippen MR) is 70.7 cm³/mol. The molecule has 4 rings (SSSR count). The van der Waals surface area contributed by atoms with E-state index in [1.54, 1.807) is 36.4 Å². The minimum absolute atomic E-state index is 0.244. The molecule has 0 atom stereocenters. The van der Waals surface area contributed by atoms with Gasteiger partial charge >= 0.3 is 17.9 Å². The van der Waals surface area contributed by atoms with Crippen LogP contribution in [0.2, 0.25) is 0 Å². The van der Waals surface area contributed by atoms with Crippen LogP contribution in [0.4, 0.5) is 0 Å². The number of rotatable bonds is 1. The third kappa shape index (κ3) is 1.61. The van der Waals surface area contributed by atoms with Gasteiger partial charge in [-0.05, 0) is 23.3 Å². The molecule has 0 fully saturated rings. The minimum Gasteiger partial charge on any atom is -0.457 e. The zero-order valence-corrected chi connectivity index (χ0v) is 10.7. The number of hydrogen-bond acceptors (Lipinski definition) is 5. The van der Waals surface area contributed by atoms with E-state index in [1.165, 1.54) is 0 Å². The van der Waals surface area contributed by atoms with Gasteiger partial charge in [0.15, 0.2) is 0 Å². The monoisotopic (exact) mass is 280 g/mol. The molecule has 2 heterocycles. The average molecular weight is 280 g/mol. The molecule has 0 radical (unpaired) electrons. The van der Waals surface area contributed by atoms with Crippen LogP contribution in [0.3, 0.4) is 0 Å². The first-order valence-corrected chi connectivity index (χ1v) is 6.35. The second-order valence-corrected chi connectivity index (χ2v) is 4.85. The van der Waals surface area contributed by atoms with Gasteiger partial charge in [0.1, 0.15) is 6.61 Å². The molecule has 0 spiro atoms. The fraction of sp³-hybridized carbons (Fsp3) is 0.0625. The molecule has 0 aliphatic carbocycles. The molecule has 5 nitrogen and oxygen atoms in total. The molecule has 0 aromatic heterocycles. The highest BCUT2D eigenvalue weighted by Crippen LogP contribution is 2.33.